The van der Waals surface area contributed by atoms with Crippen LogP contribution in [0.15, 0.2) is 60.9 Å². The number of nitrogens with one attached hydrogen (secondary N) is 1. The van der Waals surface area contributed by atoms with Gasteiger partial charge in [-0.2, -0.15) is 0 Å². The van der Waals surface area contributed by atoms with Gasteiger partial charge in [0.15, 0.2) is 17.7 Å². The Morgan fingerprint density at radius 1 is 0.939 bits per heavy atom. The first-order chi connectivity index (χ1) is 15.9. The predicted molar refractivity (Wildman–Crippen MR) is 119 cm³/mol. The minimum absolute atomic E-state index is 0.119. The summed E-state index contributed by atoms with van der Waals surface area (Å²) < 4.78 is 5.22. The highest BCUT2D eigenvalue weighted by molar-refractivity contribution is 6.30. The third kappa shape index (κ3) is 4.33. The summed E-state index contributed by atoms with van der Waals surface area (Å²) in [4.78, 5) is 60.4. The van der Waals surface area contributed by atoms with Crippen LogP contribution in [0.1, 0.15) is 38.8 Å². The summed E-state index contributed by atoms with van der Waals surface area (Å²) in [5.41, 5.74) is 1.12. The van der Waals surface area contributed by atoms with Gasteiger partial charge in [-0.05, 0) is 19.1 Å². The van der Waals surface area contributed by atoms with Crippen LogP contribution < -0.4 is 10.2 Å². The van der Waals surface area contributed by atoms with Gasteiger partial charge in [0.25, 0.3) is 5.91 Å². The SMILES string of the molecule is CC(OC(=O)CN(C)c1ncccn1)C(=O)Nc1cccc2c1C(=O)c1ccccc1C2=O. The van der Waals surface area contributed by atoms with E-state index >= 15 is 0 Å². The van der Waals surface area contributed by atoms with E-state index in [9.17, 15) is 19.2 Å². The minimum atomic E-state index is -1.14. The number of likely N-dealkylation sites (N-methyl/N-ethyl adjacent to an activating group) is 1. The Labute approximate surface area is 189 Å². The molecular weight excluding hydrogens is 424 g/mol. The van der Waals surface area contributed by atoms with E-state index in [1.54, 1.807) is 61.9 Å². The molecule has 3 aromatic rings. The molecule has 9 nitrogen and oxygen atoms in total. The molecule has 1 unspecified atom stereocenters. The van der Waals surface area contributed by atoms with Gasteiger partial charge in [-0.15, -0.1) is 0 Å². The number of nitrogens with zero attached hydrogens (tertiary/aromatic N) is 3. The Balaban J connectivity index is 1.46. The number of aromatic nitrogens is 2. The molecule has 0 saturated heterocycles. The molecule has 166 valence electrons. The van der Waals surface area contributed by atoms with Crippen molar-refractivity contribution in [2.75, 3.05) is 23.8 Å². The zero-order valence-electron chi connectivity index (χ0n) is 17.9. The molecule has 0 fully saturated rings. The number of carbonyl (C=O) groups excluding carboxylic acids is 4. The Morgan fingerprint density at radius 3 is 2.27 bits per heavy atom. The van der Waals surface area contributed by atoms with Crippen molar-refractivity contribution in [3.05, 3.63) is 83.2 Å². The van der Waals surface area contributed by atoms with Gasteiger partial charge in [0, 0.05) is 36.1 Å². The van der Waals surface area contributed by atoms with E-state index in [0.29, 0.717) is 11.5 Å². The van der Waals surface area contributed by atoms with Gasteiger partial charge >= 0.3 is 5.97 Å². The summed E-state index contributed by atoms with van der Waals surface area (Å²) in [5.74, 6) is -1.59. The van der Waals surface area contributed by atoms with Gasteiger partial charge in [0.1, 0.15) is 6.54 Å². The van der Waals surface area contributed by atoms with Gasteiger partial charge in [0.2, 0.25) is 5.95 Å². The normalized spacial score (nSPS) is 12.9. The number of fused-ring (bicyclic) bond motifs is 2. The van der Waals surface area contributed by atoms with Crippen LogP contribution in [0.25, 0.3) is 0 Å². The van der Waals surface area contributed by atoms with E-state index in [0.717, 1.165) is 0 Å². The molecular formula is C24H20N4O5. The molecule has 9 heteroatoms. The summed E-state index contributed by atoms with van der Waals surface area (Å²) in [6.07, 6.45) is 1.95. The topological polar surface area (TPSA) is 119 Å². The number of anilines is 2. The Kier molecular flexibility index (Phi) is 5.95. The van der Waals surface area contributed by atoms with Crippen molar-refractivity contribution in [2.45, 2.75) is 13.0 Å². The molecule has 0 radical (unpaired) electrons. The van der Waals surface area contributed by atoms with Crippen molar-refractivity contribution in [2.24, 2.45) is 0 Å². The second-order valence-corrected chi connectivity index (χ2v) is 7.46. The Morgan fingerprint density at radius 2 is 1.58 bits per heavy atom. The molecule has 0 aliphatic heterocycles. The van der Waals surface area contributed by atoms with Crippen molar-refractivity contribution in [3.8, 4) is 0 Å². The highest BCUT2D eigenvalue weighted by Crippen LogP contribution is 2.32. The predicted octanol–water partition coefficient (Wildman–Crippen LogP) is 2.26. The summed E-state index contributed by atoms with van der Waals surface area (Å²) in [6.45, 7) is 1.26. The van der Waals surface area contributed by atoms with Crippen molar-refractivity contribution in [1.82, 2.24) is 9.97 Å². The average molecular weight is 444 g/mol. The van der Waals surface area contributed by atoms with Gasteiger partial charge in [-0.1, -0.05) is 36.4 Å². The first-order valence-corrected chi connectivity index (χ1v) is 10.2. The molecule has 1 atom stereocenters. The lowest BCUT2D eigenvalue weighted by atomic mass is 9.83. The number of ketones is 2. The van der Waals surface area contributed by atoms with Gasteiger partial charge in [-0.3, -0.25) is 19.2 Å². The Hall–Kier alpha value is -4.40. The second kappa shape index (κ2) is 8.99. The molecule has 1 heterocycles. The fraction of sp³-hybridized carbons (Fsp3) is 0.167. The molecule has 1 N–H and O–H groups in total. The third-order valence-corrected chi connectivity index (χ3v) is 5.15. The Bertz CT molecular complexity index is 1260. The monoisotopic (exact) mass is 444 g/mol. The average Bonchev–Trinajstić information content (AvgIpc) is 2.82. The van der Waals surface area contributed by atoms with E-state index in [1.807, 2.05) is 0 Å². The fourth-order valence-corrected chi connectivity index (χ4v) is 3.52. The summed E-state index contributed by atoms with van der Waals surface area (Å²) in [6, 6.07) is 12.9. The lowest BCUT2D eigenvalue weighted by Gasteiger charge is -2.21. The van der Waals surface area contributed by atoms with E-state index in [1.165, 1.54) is 17.9 Å². The van der Waals surface area contributed by atoms with E-state index < -0.39 is 18.0 Å². The molecule has 0 spiro atoms. The van der Waals surface area contributed by atoms with Crippen LogP contribution in [0.2, 0.25) is 0 Å². The molecule has 0 saturated carbocycles. The van der Waals surface area contributed by atoms with Crippen molar-refractivity contribution >= 4 is 35.1 Å². The number of benzene rings is 2. The van der Waals surface area contributed by atoms with Gasteiger partial charge in [-0.25, -0.2) is 9.97 Å². The van der Waals surface area contributed by atoms with E-state index in [-0.39, 0.29) is 40.5 Å². The van der Waals surface area contributed by atoms with Crippen LogP contribution in [0.3, 0.4) is 0 Å². The third-order valence-electron chi connectivity index (χ3n) is 5.15. The van der Waals surface area contributed by atoms with E-state index in [2.05, 4.69) is 15.3 Å². The van der Waals surface area contributed by atoms with Crippen LogP contribution >= 0.6 is 0 Å². The number of carbonyl (C=O) groups is 4. The van der Waals surface area contributed by atoms with Crippen LogP contribution in [0, 0.1) is 0 Å². The molecule has 1 amide bonds. The number of amides is 1. The summed E-state index contributed by atoms with van der Waals surface area (Å²) in [5, 5.41) is 2.61. The smallest absolute Gasteiger partial charge is 0.326 e. The van der Waals surface area contributed by atoms with Crippen LogP contribution in [-0.4, -0.2) is 53.1 Å². The first kappa shape index (κ1) is 21.8. The van der Waals surface area contributed by atoms with Crippen molar-refractivity contribution in [1.29, 1.82) is 0 Å². The molecule has 2 aromatic carbocycles. The zero-order valence-corrected chi connectivity index (χ0v) is 17.9. The quantitative estimate of drug-likeness (QED) is 0.450. The second-order valence-electron chi connectivity index (χ2n) is 7.46. The maximum Gasteiger partial charge on any atom is 0.326 e. The molecule has 33 heavy (non-hydrogen) atoms. The zero-order chi connectivity index (χ0) is 23.5. The standard InChI is InChI=1S/C24H20N4O5/c1-14(33-19(29)13-28(2)24-25-11-6-12-26-24)23(32)27-18-10-5-9-17-20(18)22(31)16-8-4-3-7-15(16)21(17)30/h3-12,14H,13H2,1-2H3,(H,27,32). The lowest BCUT2D eigenvalue weighted by molar-refractivity contribution is -0.151. The number of esters is 1. The molecule has 0 bridgehead atoms. The number of hydrogen-bond donors (Lipinski definition) is 1. The highest BCUT2D eigenvalue weighted by Gasteiger charge is 2.32. The van der Waals surface area contributed by atoms with Gasteiger partial charge in [0.05, 0.1) is 11.3 Å². The first-order valence-electron chi connectivity index (χ1n) is 10.2. The summed E-state index contributed by atoms with van der Waals surface area (Å²) >= 11 is 0. The molecule has 4 rings (SSSR count). The van der Waals surface area contributed by atoms with Gasteiger partial charge < -0.3 is 15.0 Å². The minimum Gasteiger partial charge on any atom is -0.451 e. The molecule has 1 aliphatic rings. The fourth-order valence-electron chi connectivity index (χ4n) is 3.52. The maximum atomic E-state index is 13.1. The lowest BCUT2D eigenvalue weighted by Crippen LogP contribution is -2.35. The van der Waals surface area contributed by atoms with Crippen LogP contribution in [0.5, 0.6) is 0 Å². The maximum absolute atomic E-state index is 13.1. The number of rotatable bonds is 6. The largest absolute Gasteiger partial charge is 0.451 e. The molecule has 1 aliphatic carbocycles. The van der Waals surface area contributed by atoms with Crippen molar-refractivity contribution in [3.63, 3.8) is 0 Å². The number of hydrogen-bond acceptors (Lipinski definition) is 8. The van der Waals surface area contributed by atoms with E-state index in [4.69, 9.17) is 4.74 Å². The highest BCUT2D eigenvalue weighted by atomic mass is 16.5. The van der Waals surface area contributed by atoms with Crippen LogP contribution in [-0.2, 0) is 14.3 Å². The van der Waals surface area contributed by atoms with Crippen LogP contribution in [0.4, 0.5) is 11.6 Å². The number of ether oxygens (including phenoxy) is 1. The van der Waals surface area contributed by atoms with Crippen molar-refractivity contribution < 1.29 is 23.9 Å². The molecule has 1 aromatic heterocycles. The summed E-state index contributed by atoms with van der Waals surface area (Å²) in [7, 11) is 1.62.